The Morgan fingerprint density at radius 2 is 1.59 bits per heavy atom. The van der Waals surface area contributed by atoms with Crippen LogP contribution in [0.15, 0.2) is 78.9 Å². The molecule has 0 radical (unpaired) electrons. The van der Waals surface area contributed by atoms with Gasteiger partial charge in [0.1, 0.15) is 11.9 Å². The SMILES string of the molecule is CCNC(=O)[C@H](Cc1ccccc1)N(Cc1ccccc1F)C(=O)Cc1ccccc1[N+](=O)[O-]. The maximum absolute atomic E-state index is 14.5. The molecule has 3 aromatic rings. The molecule has 0 aromatic heterocycles. The number of para-hydroxylation sites is 1. The molecule has 7 nitrogen and oxygen atoms in total. The van der Waals surface area contributed by atoms with Crippen LogP contribution in [-0.2, 0) is 29.0 Å². The molecule has 8 heteroatoms. The Morgan fingerprint density at radius 3 is 2.24 bits per heavy atom. The molecular weight excluding hydrogens is 437 g/mol. The fourth-order valence-electron chi connectivity index (χ4n) is 3.76. The minimum Gasteiger partial charge on any atom is -0.355 e. The summed E-state index contributed by atoms with van der Waals surface area (Å²) in [4.78, 5) is 38.8. The third kappa shape index (κ3) is 6.25. The number of benzene rings is 3. The maximum atomic E-state index is 14.5. The highest BCUT2D eigenvalue weighted by atomic mass is 19.1. The number of nitrogens with one attached hydrogen (secondary N) is 1. The van der Waals surface area contributed by atoms with Crippen molar-refractivity contribution >= 4 is 17.5 Å². The predicted octanol–water partition coefficient (Wildman–Crippen LogP) is 4.05. The maximum Gasteiger partial charge on any atom is 0.273 e. The van der Waals surface area contributed by atoms with Crippen LogP contribution in [0.1, 0.15) is 23.6 Å². The van der Waals surface area contributed by atoms with Gasteiger partial charge in [-0.15, -0.1) is 0 Å². The number of hydrogen-bond acceptors (Lipinski definition) is 4. The number of hydrogen-bond donors (Lipinski definition) is 1. The predicted molar refractivity (Wildman–Crippen MR) is 126 cm³/mol. The van der Waals surface area contributed by atoms with E-state index in [9.17, 15) is 24.1 Å². The standard InChI is InChI=1S/C26H26FN3O4/c1-2-28-26(32)24(16-19-10-4-3-5-11-19)29(18-21-13-6-8-14-22(21)27)25(31)17-20-12-7-9-15-23(20)30(33)34/h3-15,24H,2,16-18H2,1H3,(H,28,32)/t24-/m0/s1. The van der Waals surface area contributed by atoms with Crippen molar-refractivity contribution in [2.75, 3.05) is 6.54 Å². The molecule has 3 rings (SSSR count). The summed E-state index contributed by atoms with van der Waals surface area (Å²) in [5, 5.41) is 14.2. The number of carbonyl (C=O) groups excluding carboxylic acids is 2. The minimum atomic E-state index is -0.933. The van der Waals surface area contributed by atoms with Gasteiger partial charge in [0.2, 0.25) is 11.8 Å². The average molecular weight is 464 g/mol. The van der Waals surface area contributed by atoms with Crippen molar-refractivity contribution in [1.82, 2.24) is 10.2 Å². The van der Waals surface area contributed by atoms with E-state index in [1.165, 1.54) is 29.2 Å². The molecular formula is C26H26FN3O4. The first-order chi connectivity index (χ1) is 16.4. The zero-order valence-electron chi connectivity index (χ0n) is 18.8. The van der Waals surface area contributed by atoms with Gasteiger partial charge in [-0.2, -0.15) is 0 Å². The Kier molecular flexibility index (Phi) is 8.45. The molecule has 0 aliphatic heterocycles. The van der Waals surface area contributed by atoms with Crippen LogP contribution in [0, 0.1) is 15.9 Å². The van der Waals surface area contributed by atoms with E-state index in [1.54, 1.807) is 31.2 Å². The van der Waals surface area contributed by atoms with Crippen LogP contribution < -0.4 is 5.32 Å². The molecule has 3 aromatic carbocycles. The van der Waals surface area contributed by atoms with Crippen molar-refractivity contribution in [3.63, 3.8) is 0 Å². The first-order valence-electron chi connectivity index (χ1n) is 11.0. The second-order valence-corrected chi connectivity index (χ2v) is 7.78. The molecule has 0 aliphatic rings. The molecule has 0 heterocycles. The number of likely N-dealkylation sites (N-methyl/N-ethyl adjacent to an activating group) is 1. The van der Waals surface area contributed by atoms with E-state index < -0.39 is 22.7 Å². The van der Waals surface area contributed by atoms with Crippen molar-refractivity contribution < 1.29 is 18.9 Å². The van der Waals surface area contributed by atoms with Gasteiger partial charge in [-0.25, -0.2) is 4.39 Å². The van der Waals surface area contributed by atoms with Crippen LogP contribution in [0.2, 0.25) is 0 Å². The Morgan fingerprint density at radius 1 is 0.971 bits per heavy atom. The average Bonchev–Trinajstić information content (AvgIpc) is 2.83. The molecule has 0 aliphatic carbocycles. The van der Waals surface area contributed by atoms with Gasteiger partial charge in [0.25, 0.3) is 5.69 Å². The summed E-state index contributed by atoms with van der Waals surface area (Å²) in [6, 6.07) is 20.3. The number of amides is 2. The van der Waals surface area contributed by atoms with Gasteiger partial charge < -0.3 is 10.2 Å². The quantitative estimate of drug-likeness (QED) is 0.363. The van der Waals surface area contributed by atoms with Gasteiger partial charge in [0, 0.05) is 36.7 Å². The molecule has 0 bridgehead atoms. The second-order valence-electron chi connectivity index (χ2n) is 7.78. The summed E-state index contributed by atoms with van der Waals surface area (Å²) < 4.78 is 14.5. The fraction of sp³-hybridized carbons (Fsp3) is 0.231. The lowest BCUT2D eigenvalue weighted by molar-refractivity contribution is -0.385. The third-order valence-electron chi connectivity index (χ3n) is 5.45. The topological polar surface area (TPSA) is 92.6 Å². The van der Waals surface area contributed by atoms with E-state index in [0.29, 0.717) is 6.54 Å². The van der Waals surface area contributed by atoms with Crippen LogP contribution >= 0.6 is 0 Å². The molecule has 0 fully saturated rings. The lowest BCUT2D eigenvalue weighted by atomic mass is 10.0. The largest absolute Gasteiger partial charge is 0.355 e. The van der Waals surface area contributed by atoms with Gasteiger partial charge >= 0.3 is 0 Å². The van der Waals surface area contributed by atoms with Crippen molar-refractivity contribution in [3.8, 4) is 0 Å². The van der Waals surface area contributed by atoms with Gasteiger partial charge in [0.05, 0.1) is 11.3 Å². The summed E-state index contributed by atoms with van der Waals surface area (Å²) >= 11 is 0. The third-order valence-corrected chi connectivity index (χ3v) is 5.45. The molecule has 0 unspecified atom stereocenters. The molecule has 0 saturated carbocycles. The van der Waals surface area contributed by atoms with Gasteiger partial charge in [-0.1, -0.05) is 66.7 Å². The summed E-state index contributed by atoms with van der Waals surface area (Å²) in [5.74, 6) is -1.39. The van der Waals surface area contributed by atoms with E-state index in [1.807, 2.05) is 30.3 Å². The van der Waals surface area contributed by atoms with E-state index in [-0.39, 0.29) is 42.1 Å². The van der Waals surface area contributed by atoms with Crippen molar-refractivity contribution in [2.45, 2.75) is 32.4 Å². The number of halogens is 1. The highest BCUT2D eigenvalue weighted by Gasteiger charge is 2.31. The number of nitro benzene ring substituents is 1. The summed E-state index contributed by atoms with van der Waals surface area (Å²) in [6.07, 6.45) is -0.0833. The molecule has 1 N–H and O–H groups in total. The number of nitro groups is 1. The lowest BCUT2D eigenvalue weighted by Gasteiger charge is -2.31. The molecule has 0 saturated heterocycles. The Labute approximate surface area is 197 Å². The van der Waals surface area contributed by atoms with Crippen LogP contribution in [0.25, 0.3) is 0 Å². The van der Waals surface area contributed by atoms with Crippen molar-refractivity contribution in [1.29, 1.82) is 0 Å². The number of carbonyl (C=O) groups is 2. The molecule has 2 amide bonds. The zero-order chi connectivity index (χ0) is 24.5. The van der Waals surface area contributed by atoms with Gasteiger partial charge in [-0.3, -0.25) is 19.7 Å². The molecule has 1 atom stereocenters. The summed E-state index contributed by atoms with van der Waals surface area (Å²) in [7, 11) is 0. The number of nitrogens with zero attached hydrogens (tertiary/aromatic N) is 2. The molecule has 176 valence electrons. The van der Waals surface area contributed by atoms with Gasteiger partial charge in [-0.05, 0) is 18.6 Å². The zero-order valence-corrected chi connectivity index (χ0v) is 18.8. The molecule has 34 heavy (non-hydrogen) atoms. The lowest BCUT2D eigenvalue weighted by Crippen LogP contribution is -2.51. The van der Waals surface area contributed by atoms with E-state index in [4.69, 9.17) is 0 Å². The van der Waals surface area contributed by atoms with E-state index >= 15 is 0 Å². The Hall–Kier alpha value is -4.07. The minimum absolute atomic E-state index is 0.152. The van der Waals surface area contributed by atoms with Crippen LogP contribution in [0.3, 0.4) is 0 Å². The summed E-state index contributed by atoms with van der Waals surface area (Å²) in [5.41, 5.74) is 1.13. The first-order valence-corrected chi connectivity index (χ1v) is 11.0. The second kappa shape index (κ2) is 11.7. The number of rotatable bonds is 10. The van der Waals surface area contributed by atoms with Crippen LogP contribution in [-0.4, -0.2) is 34.2 Å². The summed E-state index contributed by atoms with van der Waals surface area (Å²) in [6.45, 7) is 1.98. The Bertz CT molecular complexity index is 1150. The fourth-order valence-corrected chi connectivity index (χ4v) is 3.76. The van der Waals surface area contributed by atoms with Crippen molar-refractivity contribution in [2.24, 2.45) is 0 Å². The Balaban J connectivity index is 2.01. The van der Waals surface area contributed by atoms with E-state index in [2.05, 4.69) is 5.32 Å². The van der Waals surface area contributed by atoms with E-state index in [0.717, 1.165) is 5.56 Å². The van der Waals surface area contributed by atoms with Crippen LogP contribution in [0.5, 0.6) is 0 Å². The first kappa shape index (κ1) is 24.6. The monoisotopic (exact) mass is 463 g/mol. The smallest absolute Gasteiger partial charge is 0.273 e. The van der Waals surface area contributed by atoms with Gasteiger partial charge in [0.15, 0.2) is 0 Å². The van der Waals surface area contributed by atoms with Crippen molar-refractivity contribution in [3.05, 3.63) is 111 Å². The highest BCUT2D eigenvalue weighted by Crippen LogP contribution is 2.22. The van der Waals surface area contributed by atoms with Crippen LogP contribution in [0.4, 0.5) is 10.1 Å². The normalized spacial score (nSPS) is 11.5. The molecule has 0 spiro atoms. The highest BCUT2D eigenvalue weighted by molar-refractivity contribution is 5.89.